The van der Waals surface area contributed by atoms with Crippen LogP contribution >= 0.6 is 0 Å². The van der Waals surface area contributed by atoms with Crippen LogP contribution in [-0.2, 0) is 16.1 Å². The molecule has 0 aromatic heterocycles. The molecule has 0 bridgehead atoms. The van der Waals surface area contributed by atoms with Crippen molar-refractivity contribution in [2.45, 2.75) is 46.1 Å². The predicted octanol–water partition coefficient (Wildman–Crippen LogP) is 4.42. The molecule has 0 atom stereocenters. The number of hydrogen-bond acceptors (Lipinski definition) is 4. The van der Waals surface area contributed by atoms with E-state index < -0.39 is 11.8 Å². The third-order valence-electron chi connectivity index (χ3n) is 5.01. The van der Waals surface area contributed by atoms with Gasteiger partial charge in [-0.1, -0.05) is 24.3 Å². The van der Waals surface area contributed by atoms with E-state index in [1.165, 1.54) is 12.7 Å². The number of ketones is 1. The third-order valence-corrected chi connectivity index (χ3v) is 5.01. The van der Waals surface area contributed by atoms with Crippen molar-refractivity contribution < 1.29 is 19.1 Å². The summed E-state index contributed by atoms with van der Waals surface area (Å²) in [4.78, 5) is 24.2. The molecule has 0 aliphatic heterocycles. The molecule has 0 N–H and O–H groups in total. The van der Waals surface area contributed by atoms with Crippen LogP contribution in [0.3, 0.4) is 0 Å². The molecule has 4 heteroatoms. The lowest BCUT2D eigenvalue weighted by Gasteiger charge is -2.16. The van der Waals surface area contributed by atoms with E-state index >= 15 is 0 Å². The predicted molar refractivity (Wildman–Crippen MR) is 99.7 cm³/mol. The molecule has 3 rings (SSSR count). The quantitative estimate of drug-likeness (QED) is 0.439. The van der Waals surface area contributed by atoms with Gasteiger partial charge in [0.25, 0.3) is 5.78 Å². The Balaban J connectivity index is 1.94. The first-order valence-electron chi connectivity index (χ1n) is 8.87. The zero-order chi connectivity index (χ0) is 18.8. The van der Waals surface area contributed by atoms with Gasteiger partial charge in [0, 0.05) is 11.1 Å². The van der Waals surface area contributed by atoms with Gasteiger partial charge in [0.15, 0.2) is 0 Å². The Bertz CT molecular complexity index is 863. The van der Waals surface area contributed by atoms with Gasteiger partial charge in [-0.15, -0.1) is 0 Å². The highest BCUT2D eigenvalue weighted by Gasteiger charge is 2.30. The molecule has 1 aliphatic rings. The van der Waals surface area contributed by atoms with E-state index in [0.717, 1.165) is 40.8 Å². The molecule has 26 heavy (non-hydrogen) atoms. The third kappa shape index (κ3) is 3.64. The number of hydrogen-bond donors (Lipinski definition) is 0. The van der Waals surface area contributed by atoms with Crippen LogP contribution in [0.4, 0.5) is 0 Å². The van der Waals surface area contributed by atoms with Gasteiger partial charge < -0.3 is 9.47 Å². The lowest BCUT2D eigenvalue weighted by Crippen LogP contribution is -2.19. The number of Topliss-reactive ketones (excluding diaryl/α,β-unsaturated/α-hetero) is 1. The number of methoxy groups -OCH3 is 1. The second-order valence-electron chi connectivity index (χ2n) is 6.96. The molecule has 1 aliphatic carbocycles. The monoisotopic (exact) mass is 352 g/mol. The maximum atomic E-state index is 12.4. The van der Waals surface area contributed by atoms with Crippen molar-refractivity contribution in [1.29, 1.82) is 0 Å². The van der Waals surface area contributed by atoms with E-state index in [1.54, 1.807) is 6.07 Å². The Hall–Kier alpha value is -2.62. The van der Waals surface area contributed by atoms with E-state index in [1.807, 2.05) is 32.0 Å². The average Bonchev–Trinajstić information content (AvgIpc) is 3.47. The minimum atomic E-state index is -0.846. The van der Waals surface area contributed by atoms with Crippen LogP contribution in [0.25, 0.3) is 0 Å². The average molecular weight is 352 g/mol. The first kappa shape index (κ1) is 18.2. The van der Waals surface area contributed by atoms with Gasteiger partial charge in [0.05, 0.1) is 7.11 Å². The van der Waals surface area contributed by atoms with Gasteiger partial charge in [-0.25, -0.2) is 4.79 Å². The highest BCUT2D eigenvalue weighted by Crippen LogP contribution is 2.42. The Labute approximate surface area is 154 Å². The topological polar surface area (TPSA) is 52.6 Å². The molecule has 1 fully saturated rings. The van der Waals surface area contributed by atoms with Gasteiger partial charge >= 0.3 is 5.97 Å². The Kier molecular flexibility index (Phi) is 5.12. The molecular formula is C22H24O4. The molecule has 136 valence electrons. The molecule has 4 nitrogen and oxygen atoms in total. The summed E-state index contributed by atoms with van der Waals surface area (Å²) in [6.07, 6.45) is 2.21. The largest absolute Gasteiger partial charge is 0.489 e. The van der Waals surface area contributed by atoms with E-state index in [9.17, 15) is 9.59 Å². The molecule has 0 amide bonds. The van der Waals surface area contributed by atoms with E-state index in [2.05, 4.69) is 17.7 Å². The number of esters is 1. The van der Waals surface area contributed by atoms with Gasteiger partial charge in [-0.3, -0.25) is 4.79 Å². The number of carbonyl (C=O) groups is 2. The van der Waals surface area contributed by atoms with Crippen LogP contribution in [0, 0.1) is 20.8 Å². The van der Waals surface area contributed by atoms with Crippen molar-refractivity contribution in [3.63, 3.8) is 0 Å². The van der Waals surface area contributed by atoms with Crippen molar-refractivity contribution in [2.75, 3.05) is 7.11 Å². The van der Waals surface area contributed by atoms with Crippen LogP contribution in [0.5, 0.6) is 5.75 Å². The van der Waals surface area contributed by atoms with Crippen molar-refractivity contribution in [1.82, 2.24) is 0 Å². The number of aryl methyl sites for hydroxylation is 3. The Morgan fingerprint density at radius 2 is 1.73 bits per heavy atom. The lowest BCUT2D eigenvalue weighted by molar-refractivity contribution is -0.135. The molecule has 0 radical (unpaired) electrons. The van der Waals surface area contributed by atoms with Crippen molar-refractivity contribution in [3.8, 4) is 5.75 Å². The molecule has 2 aromatic rings. The zero-order valence-corrected chi connectivity index (χ0v) is 15.7. The summed E-state index contributed by atoms with van der Waals surface area (Å²) < 4.78 is 10.7. The fraction of sp³-hybridized carbons (Fsp3) is 0.364. The highest BCUT2D eigenvalue weighted by atomic mass is 16.5. The standard InChI is InChI=1S/C22H24O4/c1-13-10-15(3)20(11-14(13)2)26-12-19-17(16-8-9-16)6-5-7-18(19)21(23)22(24)25-4/h5-7,10-11,16H,8-9,12H2,1-4H3. The fourth-order valence-electron chi connectivity index (χ4n) is 3.20. The van der Waals surface area contributed by atoms with Crippen LogP contribution < -0.4 is 4.74 Å². The summed E-state index contributed by atoms with van der Waals surface area (Å²) in [5.41, 5.74) is 5.70. The first-order valence-corrected chi connectivity index (χ1v) is 8.87. The number of carbonyl (C=O) groups excluding carboxylic acids is 2. The van der Waals surface area contributed by atoms with Crippen LogP contribution in [-0.4, -0.2) is 18.9 Å². The SMILES string of the molecule is COC(=O)C(=O)c1cccc(C2CC2)c1COc1cc(C)c(C)cc1C. The van der Waals surface area contributed by atoms with Gasteiger partial charge in [-0.2, -0.15) is 0 Å². The molecule has 0 unspecified atom stereocenters. The zero-order valence-electron chi connectivity index (χ0n) is 15.7. The summed E-state index contributed by atoms with van der Waals surface area (Å²) in [6.45, 7) is 6.39. The summed E-state index contributed by atoms with van der Waals surface area (Å²) in [6, 6.07) is 9.65. The highest BCUT2D eigenvalue weighted by molar-refractivity contribution is 6.41. The Morgan fingerprint density at radius 3 is 2.38 bits per heavy atom. The summed E-state index contributed by atoms with van der Waals surface area (Å²) in [5.74, 6) is -0.220. The lowest BCUT2D eigenvalue weighted by atomic mass is 9.95. The summed E-state index contributed by atoms with van der Waals surface area (Å²) in [5, 5.41) is 0. The van der Waals surface area contributed by atoms with Gasteiger partial charge in [0.2, 0.25) is 0 Å². The van der Waals surface area contributed by atoms with Crippen LogP contribution in [0.1, 0.15) is 56.9 Å². The molecule has 2 aromatic carbocycles. The Morgan fingerprint density at radius 1 is 1.04 bits per heavy atom. The summed E-state index contributed by atoms with van der Waals surface area (Å²) >= 11 is 0. The number of benzene rings is 2. The van der Waals surface area contributed by atoms with Gasteiger partial charge in [-0.05, 0) is 67.9 Å². The first-order chi connectivity index (χ1) is 12.4. The molecule has 0 spiro atoms. The maximum absolute atomic E-state index is 12.4. The second kappa shape index (κ2) is 7.32. The molecular weight excluding hydrogens is 328 g/mol. The van der Waals surface area contributed by atoms with E-state index in [0.29, 0.717) is 11.5 Å². The minimum Gasteiger partial charge on any atom is -0.489 e. The van der Waals surface area contributed by atoms with Crippen molar-refractivity contribution in [2.24, 2.45) is 0 Å². The minimum absolute atomic E-state index is 0.258. The number of rotatable bonds is 6. The normalized spacial score (nSPS) is 13.4. The maximum Gasteiger partial charge on any atom is 0.379 e. The molecule has 1 saturated carbocycles. The van der Waals surface area contributed by atoms with Crippen molar-refractivity contribution >= 4 is 11.8 Å². The second-order valence-corrected chi connectivity index (χ2v) is 6.96. The van der Waals surface area contributed by atoms with E-state index in [-0.39, 0.29) is 6.61 Å². The smallest absolute Gasteiger partial charge is 0.379 e. The van der Waals surface area contributed by atoms with E-state index in [4.69, 9.17) is 4.74 Å². The van der Waals surface area contributed by atoms with Gasteiger partial charge in [0.1, 0.15) is 12.4 Å². The molecule has 0 heterocycles. The van der Waals surface area contributed by atoms with Crippen LogP contribution in [0.15, 0.2) is 30.3 Å². The van der Waals surface area contributed by atoms with Crippen LogP contribution in [0.2, 0.25) is 0 Å². The fourth-order valence-corrected chi connectivity index (χ4v) is 3.20. The molecule has 0 saturated heterocycles. The number of ether oxygens (including phenoxy) is 2. The van der Waals surface area contributed by atoms with Crippen molar-refractivity contribution in [3.05, 3.63) is 63.7 Å². The summed E-state index contributed by atoms with van der Waals surface area (Å²) in [7, 11) is 1.22.